The molecular weight excluding hydrogens is 288 g/mol. The van der Waals surface area contributed by atoms with Crippen LogP contribution in [0.1, 0.15) is 45.2 Å². The fourth-order valence-electron chi connectivity index (χ4n) is 2.82. The van der Waals surface area contributed by atoms with Gasteiger partial charge >= 0.3 is 0 Å². The molecule has 1 N–H and O–H groups in total. The molecule has 2 amide bonds. The molecule has 0 bridgehead atoms. The van der Waals surface area contributed by atoms with Gasteiger partial charge in [-0.15, -0.1) is 0 Å². The Kier molecular flexibility index (Phi) is 4.57. The molecule has 1 aliphatic heterocycles. The average molecular weight is 309 g/mol. The highest BCUT2D eigenvalue weighted by Gasteiger charge is 2.45. The van der Waals surface area contributed by atoms with Gasteiger partial charge in [0.1, 0.15) is 12.1 Å². The number of nitrogens with zero attached hydrogens (tertiary/aromatic N) is 1. The quantitative estimate of drug-likeness (QED) is 0.929. The van der Waals surface area contributed by atoms with Crippen LogP contribution in [0.5, 0.6) is 0 Å². The van der Waals surface area contributed by atoms with E-state index in [1.807, 2.05) is 32.9 Å². The minimum atomic E-state index is -0.768. The second-order valence-electron chi connectivity index (χ2n) is 5.50. The Morgan fingerprint density at radius 3 is 2.33 bits per heavy atom. The Bertz CT molecular complexity index is 538. The average Bonchev–Trinajstić information content (AvgIpc) is 2.49. The molecule has 2 rings (SSSR count). The van der Waals surface area contributed by atoms with Gasteiger partial charge in [-0.05, 0) is 37.5 Å². The Morgan fingerprint density at radius 2 is 1.81 bits per heavy atom. The first kappa shape index (κ1) is 15.8. The fourth-order valence-corrected chi connectivity index (χ4v) is 2.95. The van der Waals surface area contributed by atoms with Crippen LogP contribution in [-0.4, -0.2) is 28.8 Å². The first-order valence-corrected chi connectivity index (χ1v) is 7.69. The van der Waals surface area contributed by atoms with Crippen molar-refractivity contribution >= 4 is 23.4 Å². The van der Waals surface area contributed by atoms with Crippen molar-refractivity contribution in [2.75, 3.05) is 6.54 Å². The van der Waals surface area contributed by atoms with Crippen LogP contribution in [0.2, 0.25) is 5.02 Å². The molecule has 5 heteroatoms. The zero-order valence-corrected chi connectivity index (χ0v) is 13.4. The smallest absolute Gasteiger partial charge is 0.249 e. The highest BCUT2D eigenvalue weighted by molar-refractivity contribution is 6.30. The van der Waals surface area contributed by atoms with E-state index in [4.69, 9.17) is 11.6 Å². The second kappa shape index (κ2) is 6.06. The second-order valence-corrected chi connectivity index (χ2v) is 5.93. The number of benzene rings is 1. The van der Waals surface area contributed by atoms with Crippen LogP contribution in [-0.2, 0) is 9.59 Å². The predicted molar refractivity (Wildman–Crippen MR) is 83.0 cm³/mol. The summed E-state index contributed by atoms with van der Waals surface area (Å²) in [5, 5.41) is 3.53. The summed E-state index contributed by atoms with van der Waals surface area (Å²) in [6, 6.07) is 7.24. The molecule has 0 spiro atoms. The zero-order valence-electron chi connectivity index (χ0n) is 12.6. The summed E-state index contributed by atoms with van der Waals surface area (Å²) in [4.78, 5) is 26.5. The molecule has 1 atom stereocenters. The summed E-state index contributed by atoms with van der Waals surface area (Å²) < 4.78 is 0. The van der Waals surface area contributed by atoms with Crippen molar-refractivity contribution in [3.63, 3.8) is 0 Å². The summed E-state index contributed by atoms with van der Waals surface area (Å²) in [6.07, 6.45) is 1.19. The number of hydrogen-bond donors (Lipinski definition) is 1. The van der Waals surface area contributed by atoms with Gasteiger partial charge in [-0.1, -0.05) is 37.6 Å². The van der Waals surface area contributed by atoms with E-state index in [2.05, 4.69) is 5.32 Å². The zero-order chi connectivity index (χ0) is 15.6. The number of carbonyl (C=O) groups excluding carboxylic acids is 2. The summed E-state index contributed by atoms with van der Waals surface area (Å²) in [5.74, 6) is -0.103. The van der Waals surface area contributed by atoms with E-state index in [9.17, 15) is 9.59 Å². The van der Waals surface area contributed by atoms with Crippen LogP contribution in [0.3, 0.4) is 0 Å². The molecule has 0 radical (unpaired) electrons. The van der Waals surface area contributed by atoms with Crippen LogP contribution in [0, 0.1) is 0 Å². The summed E-state index contributed by atoms with van der Waals surface area (Å²) >= 11 is 5.90. The molecule has 1 unspecified atom stereocenters. The van der Waals surface area contributed by atoms with Gasteiger partial charge in [-0.2, -0.15) is 0 Å². The van der Waals surface area contributed by atoms with Crippen molar-refractivity contribution < 1.29 is 9.59 Å². The Balaban J connectivity index is 2.31. The maximum atomic E-state index is 12.8. The Hall–Kier alpha value is -1.55. The third-order valence-corrected chi connectivity index (χ3v) is 4.64. The first-order valence-electron chi connectivity index (χ1n) is 7.31. The van der Waals surface area contributed by atoms with E-state index in [1.54, 1.807) is 17.0 Å². The number of hydrogen-bond acceptors (Lipinski definition) is 2. The molecule has 114 valence electrons. The standard InChI is InChI=1S/C16H21ClN2O2/c1-4-16(5-2)15(21)19(10-14(20)18-16)11(3)12-6-8-13(17)9-7-12/h6-9,11H,4-5,10H2,1-3H3,(H,18,20). The van der Waals surface area contributed by atoms with Crippen molar-refractivity contribution in [1.29, 1.82) is 0 Å². The molecule has 1 heterocycles. The van der Waals surface area contributed by atoms with E-state index < -0.39 is 5.54 Å². The lowest BCUT2D eigenvalue weighted by Crippen LogP contribution is -2.66. The summed E-state index contributed by atoms with van der Waals surface area (Å²) in [7, 11) is 0. The lowest BCUT2D eigenvalue weighted by Gasteiger charge is -2.43. The molecule has 1 aromatic carbocycles. The SMILES string of the molecule is CCC1(CC)NC(=O)CN(C(C)c2ccc(Cl)cc2)C1=O. The third kappa shape index (κ3) is 2.91. The monoisotopic (exact) mass is 308 g/mol. The summed E-state index contributed by atoms with van der Waals surface area (Å²) in [6.45, 7) is 5.90. The highest BCUT2D eigenvalue weighted by Crippen LogP contribution is 2.29. The molecule has 21 heavy (non-hydrogen) atoms. The van der Waals surface area contributed by atoms with E-state index in [0.717, 1.165) is 5.56 Å². The number of amides is 2. The molecule has 1 aromatic rings. The maximum absolute atomic E-state index is 12.8. The lowest BCUT2D eigenvalue weighted by molar-refractivity contribution is -0.152. The van der Waals surface area contributed by atoms with Gasteiger partial charge in [0, 0.05) is 5.02 Å². The number of rotatable bonds is 4. The van der Waals surface area contributed by atoms with Gasteiger partial charge in [0.05, 0.1) is 6.04 Å². The number of nitrogens with one attached hydrogen (secondary N) is 1. The predicted octanol–water partition coefficient (Wildman–Crippen LogP) is 2.92. The largest absolute Gasteiger partial charge is 0.340 e. The first-order chi connectivity index (χ1) is 9.93. The number of carbonyl (C=O) groups is 2. The van der Waals surface area contributed by atoms with Crippen LogP contribution in [0.15, 0.2) is 24.3 Å². The topological polar surface area (TPSA) is 49.4 Å². The van der Waals surface area contributed by atoms with Gasteiger partial charge in [-0.25, -0.2) is 0 Å². The van der Waals surface area contributed by atoms with Crippen molar-refractivity contribution in [2.45, 2.75) is 45.2 Å². The van der Waals surface area contributed by atoms with Crippen LogP contribution in [0.25, 0.3) is 0 Å². The number of halogens is 1. The van der Waals surface area contributed by atoms with E-state index in [1.165, 1.54) is 0 Å². The molecule has 0 aliphatic carbocycles. The Labute approximate surface area is 130 Å². The molecule has 0 saturated carbocycles. The van der Waals surface area contributed by atoms with Gasteiger partial charge < -0.3 is 10.2 Å². The van der Waals surface area contributed by atoms with Crippen LogP contribution >= 0.6 is 11.6 Å². The molecular formula is C16H21ClN2O2. The molecule has 1 fully saturated rings. The van der Waals surface area contributed by atoms with Gasteiger partial charge in [-0.3, -0.25) is 9.59 Å². The van der Waals surface area contributed by atoms with Crippen molar-refractivity contribution in [3.8, 4) is 0 Å². The fraction of sp³-hybridized carbons (Fsp3) is 0.500. The maximum Gasteiger partial charge on any atom is 0.249 e. The van der Waals surface area contributed by atoms with Crippen LogP contribution in [0.4, 0.5) is 0 Å². The number of piperazine rings is 1. The highest BCUT2D eigenvalue weighted by atomic mass is 35.5. The van der Waals surface area contributed by atoms with Gasteiger partial charge in [0.25, 0.3) is 0 Å². The molecule has 1 saturated heterocycles. The van der Waals surface area contributed by atoms with E-state index in [0.29, 0.717) is 17.9 Å². The van der Waals surface area contributed by atoms with Crippen molar-refractivity contribution in [1.82, 2.24) is 10.2 Å². The minimum Gasteiger partial charge on any atom is -0.340 e. The van der Waals surface area contributed by atoms with Crippen molar-refractivity contribution in [3.05, 3.63) is 34.9 Å². The lowest BCUT2D eigenvalue weighted by atomic mass is 9.87. The third-order valence-electron chi connectivity index (χ3n) is 4.39. The molecule has 1 aliphatic rings. The van der Waals surface area contributed by atoms with Gasteiger partial charge in [0.15, 0.2) is 0 Å². The van der Waals surface area contributed by atoms with Crippen molar-refractivity contribution in [2.24, 2.45) is 0 Å². The minimum absolute atomic E-state index is 0.00505. The summed E-state index contributed by atoms with van der Waals surface area (Å²) in [5.41, 5.74) is 0.208. The molecule has 4 nitrogen and oxygen atoms in total. The van der Waals surface area contributed by atoms with E-state index >= 15 is 0 Å². The van der Waals surface area contributed by atoms with Crippen LogP contribution < -0.4 is 5.32 Å². The molecule has 0 aromatic heterocycles. The Morgan fingerprint density at radius 1 is 1.24 bits per heavy atom. The van der Waals surface area contributed by atoms with Gasteiger partial charge in [0.2, 0.25) is 11.8 Å². The van der Waals surface area contributed by atoms with E-state index in [-0.39, 0.29) is 24.4 Å². The normalized spacial score (nSPS) is 19.3.